The fourth-order valence-corrected chi connectivity index (χ4v) is 3.50. The molecule has 1 heterocycles. The highest BCUT2D eigenvalue weighted by Crippen LogP contribution is 2.19. The lowest BCUT2D eigenvalue weighted by molar-refractivity contribution is -0.145. The minimum atomic E-state index is -0.937. The average Bonchev–Trinajstić information content (AvgIpc) is 3.21. The molecule has 2 amide bonds. The van der Waals surface area contributed by atoms with Crippen molar-refractivity contribution in [2.24, 2.45) is 5.90 Å². The van der Waals surface area contributed by atoms with Crippen molar-refractivity contribution in [2.45, 2.75) is 24.9 Å². The number of aromatic amines is 1. The predicted molar refractivity (Wildman–Crippen MR) is 118 cm³/mol. The normalized spacial score (nSPS) is 12.7. The first kappa shape index (κ1) is 23.0. The first-order valence-electron chi connectivity index (χ1n) is 10.1. The number of esters is 1. The summed E-state index contributed by atoms with van der Waals surface area (Å²) in [5.41, 5.74) is 2.62. The van der Waals surface area contributed by atoms with Gasteiger partial charge in [-0.15, -0.1) is 0 Å². The van der Waals surface area contributed by atoms with Crippen LogP contribution in [0.5, 0.6) is 0 Å². The van der Waals surface area contributed by atoms with E-state index in [9.17, 15) is 14.4 Å². The maximum absolute atomic E-state index is 13.1. The second kappa shape index (κ2) is 11.1. The van der Waals surface area contributed by atoms with Crippen LogP contribution in [0.4, 0.5) is 0 Å². The summed E-state index contributed by atoms with van der Waals surface area (Å²) < 4.78 is 4.90. The molecule has 0 saturated heterocycles. The molecule has 32 heavy (non-hydrogen) atoms. The largest absolute Gasteiger partial charge is 0.467 e. The molecule has 168 valence electrons. The number of carbonyl (C=O) groups excluding carboxylic acids is 3. The summed E-state index contributed by atoms with van der Waals surface area (Å²) in [4.78, 5) is 45.1. The van der Waals surface area contributed by atoms with Gasteiger partial charge in [-0.1, -0.05) is 48.5 Å². The summed E-state index contributed by atoms with van der Waals surface area (Å²) >= 11 is 0. The zero-order chi connectivity index (χ0) is 22.9. The minimum Gasteiger partial charge on any atom is -0.467 e. The Kier molecular flexibility index (Phi) is 7.96. The standard InChI is InChI=1S/C23H26N4O5/c1-31-23(30)20(12-16-13-25-18-10-6-5-9-17(16)18)27-22(29)19(26-21(28)14-32-24)11-15-7-3-2-4-8-15/h2-10,13,19-20,25H,11-12,14,24H2,1H3,(H,26,28)(H,27,29)/t19-,20?/m0/s1. The number of aromatic nitrogens is 1. The van der Waals surface area contributed by atoms with Crippen molar-refractivity contribution >= 4 is 28.7 Å². The average molecular weight is 438 g/mol. The number of hydrogen-bond donors (Lipinski definition) is 4. The summed E-state index contributed by atoms with van der Waals surface area (Å²) in [5.74, 6) is 3.32. The lowest BCUT2D eigenvalue weighted by Crippen LogP contribution is -2.53. The molecule has 2 atom stereocenters. The van der Waals surface area contributed by atoms with Gasteiger partial charge in [0.25, 0.3) is 0 Å². The maximum atomic E-state index is 13.1. The highest BCUT2D eigenvalue weighted by Gasteiger charge is 2.28. The predicted octanol–water partition coefficient (Wildman–Crippen LogP) is 0.986. The summed E-state index contributed by atoms with van der Waals surface area (Å²) in [6.45, 7) is -0.395. The van der Waals surface area contributed by atoms with Gasteiger partial charge in [-0.2, -0.15) is 0 Å². The van der Waals surface area contributed by atoms with E-state index in [-0.39, 0.29) is 12.8 Å². The molecule has 0 aliphatic rings. The molecule has 2 aromatic carbocycles. The van der Waals surface area contributed by atoms with E-state index >= 15 is 0 Å². The van der Waals surface area contributed by atoms with Gasteiger partial charge in [-0.05, 0) is 17.2 Å². The quantitative estimate of drug-likeness (QED) is 0.275. The van der Waals surface area contributed by atoms with Crippen LogP contribution in [0.25, 0.3) is 10.9 Å². The number of fused-ring (bicyclic) bond motifs is 1. The Labute approximate surface area is 185 Å². The van der Waals surface area contributed by atoms with E-state index in [1.54, 1.807) is 6.20 Å². The van der Waals surface area contributed by atoms with Gasteiger partial charge in [0.2, 0.25) is 11.8 Å². The number of para-hydroxylation sites is 1. The van der Waals surface area contributed by atoms with Crippen LogP contribution in [-0.4, -0.2) is 48.6 Å². The third-order valence-electron chi connectivity index (χ3n) is 5.05. The molecule has 5 N–H and O–H groups in total. The van der Waals surface area contributed by atoms with E-state index in [0.717, 1.165) is 22.0 Å². The zero-order valence-corrected chi connectivity index (χ0v) is 17.7. The first-order valence-corrected chi connectivity index (χ1v) is 10.1. The number of hydrogen-bond acceptors (Lipinski definition) is 6. The van der Waals surface area contributed by atoms with Crippen molar-refractivity contribution in [3.05, 3.63) is 71.9 Å². The number of nitrogens with two attached hydrogens (primary N) is 1. The first-order chi connectivity index (χ1) is 15.5. The Morgan fingerprint density at radius 1 is 0.969 bits per heavy atom. The van der Waals surface area contributed by atoms with E-state index in [1.165, 1.54) is 7.11 Å². The number of methoxy groups -OCH3 is 1. The number of ether oxygens (including phenoxy) is 1. The molecule has 9 heteroatoms. The summed E-state index contributed by atoms with van der Waals surface area (Å²) in [5, 5.41) is 6.28. The van der Waals surface area contributed by atoms with Crippen molar-refractivity contribution < 1.29 is 24.0 Å². The van der Waals surface area contributed by atoms with Crippen LogP contribution < -0.4 is 16.5 Å². The smallest absolute Gasteiger partial charge is 0.328 e. The zero-order valence-electron chi connectivity index (χ0n) is 17.7. The molecule has 0 radical (unpaired) electrons. The van der Waals surface area contributed by atoms with Crippen LogP contribution in [0.15, 0.2) is 60.8 Å². The Hall–Kier alpha value is -3.69. The highest BCUT2D eigenvalue weighted by molar-refractivity contribution is 5.92. The van der Waals surface area contributed by atoms with Gasteiger partial charge in [0.05, 0.1) is 7.11 Å². The fourth-order valence-electron chi connectivity index (χ4n) is 3.50. The number of amides is 2. The number of rotatable bonds is 10. The van der Waals surface area contributed by atoms with Gasteiger partial charge in [0.1, 0.15) is 18.7 Å². The van der Waals surface area contributed by atoms with Crippen LogP contribution in [0.2, 0.25) is 0 Å². The Balaban J connectivity index is 1.79. The molecule has 0 bridgehead atoms. The Morgan fingerprint density at radius 3 is 2.41 bits per heavy atom. The van der Waals surface area contributed by atoms with Crippen molar-refractivity contribution in [1.29, 1.82) is 0 Å². The molecule has 0 spiro atoms. The van der Waals surface area contributed by atoms with Crippen LogP contribution in [0.3, 0.4) is 0 Å². The van der Waals surface area contributed by atoms with E-state index in [4.69, 9.17) is 10.6 Å². The van der Waals surface area contributed by atoms with Gasteiger partial charge in [0.15, 0.2) is 0 Å². The molecule has 0 saturated carbocycles. The highest BCUT2D eigenvalue weighted by atomic mass is 16.6. The molecule has 9 nitrogen and oxygen atoms in total. The summed E-state index contributed by atoms with van der Waals surface area (Å²) in [7, 11) is 1.26. The molecule has 0 fully saturated rings. The molecule has 3 aromatic rings. The molecule has 1 unspecified atom stereocenters. The van der Waals surface area contributed by atoms with E-state index in [2.05, 4.69) is 20.5 Å². The van der Waals surface area contributed by atoms with Crippen molar-refractivity contribution in [3.63, 3.8) is 0 Å². The maximum Gasteiger partial charge on any atom is 0.328 e. The van der Waals surface area contributed by atoms with Crippen LogP contribution in [-0.2, 0) is 36.8 Å². The van der Waals surface area contributed by atoms with Crippen LogP contribution in [0, 0.1) is 0 Å². The molecular weight excluding hydrogens is 412 g/mol. The van der Waals surface area contributed by atoms with Gasteiger partial charge in [-0.25, -0.2) is 10.7 Å². The number of benzene rings is 2. The summed E-state index contributed by atoms with van der Waals surface area (Å²) in [6, 6.07) is 15.0. The number of carbonyl (C=O) groups is 3. The topological polar surface area (TPSA) is 136 Å². The van der Waals surface area contributed by atoms with Crippen molar-refractivity contribution in [1.82, 2.24) is 15.6 Å². The molecule has 0 aliphatic carbocycles. The minimum absolute atomic E-state index is 0.223. The monoisotopic (exact) mass is 438 g/mol. The van der Waals surface area contributed by atoms with Gasteiger partial charge < -0.3 is 20.4 Å². The van der Waals surface area contributed by atoms with E-state index < -0.39 is 36.5 Å². The molecular formula is C23H26N4O5. The fraction of sp³-hybridized carbons (Fsp3) is 0.261. The van der Waals surface area contributed by atoms with Crippen LogP contribution >= 0.6 is 0 Å². The molecule has 3 rings (SSSR count). The van der Waals surface area contributed by atoms with Gasteiger partial charge in [-0.3, -0.25) is 14.4 Å². The van der Waals surface area contributed by atoms with Gasteiger partial charge in [0, 0.05) is 29.9 Å². The van der Waals surface area contributed by atoms with E-state index in [0.29, 0.717) is 0 Å². The Morgan fingerprint density at radius 2 is 1.69 bits per heavy atom. The second-order valence-electron chi connectivity index (χ2n) is 7.27. The lowest BCUT2D eigenvalue weighted by Gasteiger charge is -2.22. The third kappa shape index (κ3) is 5.93. The second-order valence-corrected chi connectivity index (χ2v) is 7.27. The molecule has 1 aromatic heterocycles. The van der Waals surface area contributed by atoms with Gasteiger partial charge >= 0.3 is 5.97 Å². The SMILES string of the molecule is COC(=O)C(Cc1c[nH]c2ccccc12)NC(=O)[C@H](Cc1ccccc1)NC(=O)CON. The summed E-state index contributed by atoms with van der Waals surface area (Å²) in [6.07, 6.45) is 2.25. The molecule has 0 aliphatic heterocycles. The lowest BCUT2D eigenvalue weighted by atomic mass is 10.0. The van der Waals surface area contributed by atoms with Crippen molar-refractivity contribution in [2.75, 3.05) is 13.7 Å². The van der Waals surface area contributed by atoms with E-state index in [1.807, 2.05) is 54.6 Å². The van der Waals surface area contributed by atoms with Crippen LogP contribution in [0.1, 0.15) is 11.1 Å². The third-order valence-corrected chi connectivity index (χ3v) is 5.05. The Bertz CT molecular complexity index is 1070. The number of H-pyrrole nitrogens is 1. The number of nitrogens with one attached hydrogen (secondary N) is 3. The van der Waals surface area contributed by atoms with Crippen molar-refractivity contribution in [3.8, 4) is 0 Å².